The molecule has 0 aliphatic rings. The molecular weight excluding hydrogens is 370 g/mol. The summed E-state index contributed by atoms with van der Waals surface area (Å²) in [5, 5.41) is 13.9. The lowest BCUT2D eigenvalue weighted by molar-refractivity contribution is -0.146. The Labute approximate surface area is 160 Å². The van der Waals surface area contributed by atoms with E-state index in [-0.39, 0.29) is 17.1 Å². The van der Waals surface area contributed by atoms with Gasteiger partial charge in [0.05, 0.1) is 10.6 Å². The van der Waals surface area contributed by atoms with Gasteiger partial charge in [0.1, 0.15) is 12.6 Å². The fourth-order valence-corrected chi connectivity index (χ4v) is 2.34. The molecule has 0 bridgehead atoms. The average Bonchev–Trinajstić information content (AvgIpc) is 2.64. The molecule has 27 heavy (non-hydrogen) atoms. The molecule has 0 heterocycles. The molecule has 2 amide bonds. The van der Waals surface area contributed by atoms with Gasteiger partial charge in [-0.25, -0.2) is 0 Å². The topological polar surface area (TPSA) is 108 Å². The number of hydrogen-bond acceptors (Lipinski definition) is 5. The molecule has 8 heteroatoms. The first kappa shape index (κ1) is 19.9. The molecule has 0 aromatic heterocycles. The summed E-state index contributed by atoms with van der Waals surface area (Å²) in [6.45, 7) is 0.976. The Morgan fingerprint density at radius 3 is 2.63 bits per heavy atom. The van der Waals surface area contributed by atoms with Crippen LogP contribution in [0.3, 0.4) is 0 Å². The van der Waals surface area contributed by atoms with E-state index in [0.29, 0.717) is 11.3 Å². The van der Waals surface area contributed by atoms with Gasteiger partial charge < -0.3 is 15.4 Å². The molecule has 138 valence electrons. The number of halogens is 1. The lowest BCUT2D eigenvalue weighted by Crippen LogP contribution is -2.32. The van der Waals surface area contributed by atoms with Gasteiger partial charge in [0.15, 0.2) is 6.61 Å². The van der Waals surface area contributed by atoms with Crippen LogP contribution in [0.5, 0.6) is 0 Å². The molecule has 2 rings (SSSR count). The van der Waals surface area contributed by atoms with Gasteiger partial charge in [-0.05, 0) is 37.3 Å². The fraction of sp³-hybridized carbons (Fsp3) is 0.158. The van der Waals surface area contributed by atoms with Crippen LogP contribution >= 0.6 is 11.6 Å². The zero-order valence-corrected chi connectivity index (χ0v) is 15.2. The number of carbonyl (C=O) groups is 3. The van der Waals surface area contributed by atoms with E-state index in [1.807, 2.05) is 19.1 Å². The quantitative estimate of drug-likeness (QED) is 0.742. The molecule has 2 N–H and O–H groups in total. The van der Waals surface area contributed by atoms with Crippen molar-refractivity contribution in [2.24, 2.45) is 0 Å². The van der Waals surface area contributed by atoms with Crippen LogP contribution in [-0.2, 0) is 14.3 Å². The number of carbonyl (C=O) groups excluding carboxylic acids is 3. The summed E-state index contributed by atoms with van der Waals surface area (Å²) in [7, 11) is 0. The van der Waals surface area contributed by atoms with Crippen molar-refractivity contribution in [3.05, 3.63) is 64.2 Å². The molecule has 0 radical (unpaired) electrons. The smallest absolute Gasteiger partial charge is 0.325 e. The predicted octanol–water partition coefficient (Wildman–Crippen LogP) is 2.43. The Balaban J connectivity index is 1.76. The Morgan fingerprint density at radius 2 is 1.96 bits per heavy atom. The van der Waals surface area contributed by atoms with E-state index in [9.17, 15) is 14.4 Å². The first-order chi connectivity index (χ1) is 12.9. The van der Waals surface area contributed by atoms with Crippen molar-refractivity contribution < 1.29 is 19.1 Å². The van der Waals surface area contributed by atoms with E-state index in [4.69, 9.17) is 21.6 Å². The van der Waals surface area contributed by atoms with Crippen LogP contribution in [0.1, 0.15) is 21.5 Å². The highest BCUT2D eigenvalue weighted by molar-refractivity contribution is 6.32. The highest BCUT2D eigenvalue weighted by atomic mass is 35.5. The van der Waals surface area contributed by atoms with Crippen LogP contribution in [0.25, 0.3) is 0 Å². The van der Waals surface area contributed by atoms with Crippen molar-refractivity contribution in [3.8, 4) is 6.07 Å². The first-order valence-corrected chi connectivity index (χ1v) is 8.27. The minimum absolute atomic E-state index is 0.200. The van der Waals surface area contributed by atoms with E-state index in [1.54, 1.807) is 18.2 Å². The van der Waals surface area contributed by atoms with Gasteiger partial charge in [0, 0.05) is 11.3 Å². The van der Waals surface area contributed by atoms with Gasteiger partial charge in [-0.15, -0.1) is 0 Å². The maximum Gasteiger partial charge on any atom is 0.325 e. The Bertz CT molecular complexity index is 921. The van der Waals surface area contributed by atoms with Crippen molar-refractivity contribution in [2.45, 2.75) is 6.92 Å². The zero-order valence-electron chi connectivity index (χ0n) is 14.4. The molecular formula is C19H16ClN3O4. The minimum atomic E-state index is -0.746. The second kappa shape index (κ2) is 9.36. The standard InChI is InChI=1S/C19H16ClN3O4/c1-12-3-2-4-13(7-12)19(26)22-10-18(25)27-11-17(24)23-15-6-5-14(9-21)16(20)8-15/h2-8H,10-11H2,1H3,(H,22,26)(H,23,24). The summed E-state index contributed by atoms with van der Waals surface area (Å²) in [6, 6.07) is 13.2. The van der Waals surface area contributed by atoms with E-state index < -0.39 is 24.4 Å². The summed E-state index contributed by atoms with van der Waals surface area (Å²) in [6.07, 6.45) is 0. The van der Waals surface area contributed by atoms with Crippen molar-refractivity contribution in [3.63, 3.8) is 0 Å². The molecule has 0 unspecified atom stereocenters. The van der Waals surface area contributed by atoms with Crippen LogP contribution in [-0.4, -0.2) is 30.9 Å². The van der Waals surface area contributed by atoms with Crippen LogP contribution in [0.2, 0.25) is 5.02 Å². The number of amides is 2. The molecule has 0 saturated heterocycles. The van der Waals surface area contributed by atoms with Crippen LogP contribution in [0.4, 0.5) is 5.69 Å². The number of nitriles is 1. The number of nitrogens with one attached hydrogen (secondary N) is 2. The van der Waals surface area contributed by atoms with Crippen molar-refractivity contribution in [1.82, 2.24) is 5.32 Å². The van der Waals surface area contributed by atoms with E-state index in [2.05, 4.69) is 10.6 Å². The maximum absolute atomic E-state index is 11.9. The number of ether oxygens (including phenoxy) is 1. The van der Waals surface area contributed by atoms with Gasteiger partial charge in [0.2, 0.25) is 0 Å². The van der Waals surface area contributed by atoms with Crippen molar-refractivity contribution in [1.29, 1.82) is 5.26 Å². The molecule has 2 aromatic carbocycles. The first-order valence-electron chi connectivity index (χ1n) is 7.89. The van der Waals surface area contributed by atoms with E-state index in [0.717, 1.165) is 5.56 Å². The molecule has 0 fully saturated rings. The molecule has 0 saturated carbocycles. The normalized spacial score (nSPS) is 9.81. The summed E-state index contributed by atoms with van der Waals surface area (Å²) < 4.78 is 4.81. The molecule has 0 spiro atoms. The number of anilines is 1. The minimum Gasteiger partial charge on any atom is -0.454 e. The van der Waals surface area contributed by atoms with Gasteiger partial charge >= 0.3 is 5.97 Å². The third-order valence-corrected chi connectivity index (χ3v) is 3.72. The highest BCUT2D eigenvalue weighted by Gasteiger charge is 2.11. The largest absolute Gasteiger partial charge is 0.454 e. The number of benzene rings is 2. The average molecular weight is 386 g/mol. The zero-order chi connectivity index (χ0) is 19.8. The third-order valence-electron chi connectivity index (χ3n) is 3.41. The number of rotatable bonds is 6. The molecule has 0 aliphatic carbocycles. The van der Waals surface area contributed by atoms with Crippen LogP contribution < -0.4 is 10.6 Å². The second-order valence-electron chi connectivity index (χ2n) is 5.57. The fourth-order valence-electron chi connectivity index (χ4n) is 2.12. The monoisotopic (exact) mass is 385 g/mol. The maximum atomic E-state index is 11.9. The van der Waals surface area contributed by atoms with Gasteiger partial charge in [0.25, 0.3) is 11.8 Å². The molecule has 0 atom stereocenters. The lowest BCUT2D eigenvalue weighted by atomic mass is 10.1. The van der Waals surface area contributed by atoms with Gasteiger partial charge in [-0.3, -0.25) is 14.4 Å². The lowest BCUT2D eigenvalue weighted by Gasteiger charge is -2.08. The Morgan fingerprint density at radius 1 is 1.19 bits per heavy atom. The summed E-state index contributed by atoms with van der Waals surface area (Å²) in [5.41, 5.74) is 2.00. The second-order valence-corrected chi connectivity index (χ2v) is 5.97. The molecule has 7 nitrogen and oxygen atoms in total. The summed E-state index contributed by atoms with van der Waals surface area (Å²) in [4.78, 5) is 35.4. The number of hydrogen-bond donors (Lipinski definition) is 2. The Kier molecular flexibility index (Phi) is 6.92. The van der Waals surface area contributed by atoms with Gasteiger partial charge in [-0.1, -0.05) is 29.3 Å². The number of esters is 1. The predicted molar refractivity (Wildman–Crippen MR) is 99.3 cm³/mol. The molecule has 0 aliphatic heterocycles. The van der Waals surface area contributed by atoms with Gasteiger partial charge in [-0.2, -0.15) is 5.26 Å². The van der Waals surface area contributed by atoms with Crippen molar-refractivity contribution in [2.75, 3.05) is 18.5 Å². The number of aryl methyl sites for hydroxylation is 1. The van der Waals surface area contributed by atoms with Crippen molar-refractivity contribution >= 4 is 35.1 Å². The Hall–Kier alpha value is -3.37. The highest BCUT2D eigenvalue weighted by Crippen LogP contribution is 2.20. The molecule has 2 aromatic rings. The van der Waals surface area contributed by atoms with Crippen LogP contribution in [0.15, 0.2) is 42.5 Å². The van der Waals surface area contributed by atoms with E-state index in [1.165, 1.54) is 18.2 Å². The summed E-state index contributed by atoms with van der Waals surface area (Å²) >= 11 is 5.87. The third kappa shape index (κ3) is 6.13. The van der Waals surface area contributed by atoms with E-state index >= 15 is 0 Å². The van der Waals surface area contributed by atoms with Crippen LogP contribution in [0, 0.1) is 18.3 Å². The SMILES string of the molecule is Cc1cccc(C(=O)NCC(=O)OCC(=O)Nc2ccc(C#N)c(Cl)c2)c1. The summed E-state index contributed by atoms with van der Waals surface area (Å²) in [5.74, 6) is -1.73. The number of nitrogens with zero attached hydrogens (tertiary/aromatic N) is 1.